The number of aryl methyl sites for hydroxylation is 1. The fourth-order valence-electron chi connectivity index (χ4n) is 2.36. The molecule has 0 saturated heterocycles. The highest BCUT2D eigenvalue weighted by atomic mass is 79.9. The van der Waals surface area contributed by atoms with Crippen LogP contribution < -0.4 is 10.3 Å². The largest absolute Gasteiger partial charge is 0.321 e. The maximum Gasteiger partial charge on any atom is 0.271 e. The molecule has 0 aromatic heterocycles. The summed E-state index contributed by atoms with van der Waals surface area (Å²) < 4.78 is 0.923. The Balaban J connectivity index is 1.81. The number of rotatable bonds is 3. The summed E-state index contributed by atoms with van der Waals surface area (Å²) in [5, 5.41) is 8.37. The molecule has 0 radical (unpaired) electrons. The third-order valence-electron chi connectivity index (χ3n) is 3.73. The van der Waals surface area contributed by atoms with Gasteiger partial charge in [-0.05, 0) is 36.8 Å². The number of hydrazone groups is 1. The molecule has 1 heterocycles. The van der Waals surface area contributed by atoms with Gasteiger partial charge in [0.2, 0.25) is 5.91 Å². The first-order valence-electron chi connectivity index (χ1n) is 7.57. The van der Waals surface area contributed by atoms with Crippen LogP contribution in [0.25, 0.3) is 0 Å². The van der Waals surface area contributed by atoms with Crippen LogP contribution in [-0.2, 0) is 9.59 Å². The summed E-state index contributed by atoms with van der Waals surface area (Å²) in [6.45, 7) is 1.98. The first-order valence-corrected chi connectivity index (χ1v) is 8.37. The number of hydrogen-bond acceptors (Lipinski definition) is 3. The summed E-state index contributed by atoms with van der Waals surface area (Å²) in [5.74, 6) is -0.407. The zero-order valence-corrected chi connectivity index (χ0v) is 14.7. The molecule has 0 saturated carbocycles. The van der Waals surface area contributed by atoms with E-state index in [1.807, 2.05) is 43.3 Å². The molecule has 1 N–H and O–H groups in total. The van der Waals surface area contributed by atoms with Crippen molar-refractivity contribution in [1.82, 2.24) is 0 Å². The second kappa shape index (κ2) is 6.97. The minimum atomic E-state index is -0.292. The van der Waals surface area contributed by atoms with Gasteiger partial charge in [-0.15, -0.1) is 0 Å². The molecule has 0 aliphatic carbocycles. The summed E-state index contributed by atoms with van der Waals surface area (Å²) in [5.41, 5.74) is 2.77. The number of nitrogens with one attached hydrogen (secondary N) is 1. The molecule has 2 aromatic carbocycles. The summed E-state index contributed by atoms with van der Waals surface area (Å²) in [4.78, 5) is 24.5. The molecule has 1 aliphatic rings. The Kier molecular flexibility index (Phi) is 4.76. The quantitative estimate of drug-likeness (QED) is 0.871. The Morgan fingerprint density at radius 1 is 1.17 bits per heavy atom. The highest BCUT2D eigenvalue weighted by molar-refractivity contribution is 9.10. The van der Waals surface area contributed by atoms with Gasteiger partial charge in [0.15, 0.2) is 0 Å². The van der Waals surface area contributed by atoms with Gasteiger partial charge in [0.25, 0.3) is 5.91 Å². The van der Waals surface area contributed by atoms with E-state index in [-0.39, 0.29) is 18.2 Å². The third-order valence-corrected chi connectivity index (χ3v) is 4.58. The Hall–Kier alpha value is -2.47. The van der Waals surface area contributed by atoms with Crippen molar-refractivity contribution in [3.05, 3.63) is 58.6 Å². The summed E-state index contributed by atoms with van der Waals surface area (Å²) in [7, 11) is 0. The Labute approximate surface area is 148 Å². The number of halogens is 1. The van der Waals surface area contributed by atoms with Crippen molar-refractivity contribution in [3.63, 3.8) is 0 Å². The second-order valence-electron chi connectivity index (χ2n) is 5.51. The highest BCUT2D eigenvalue weighted by Gasteiger charge is 2.25. The lowest BCUT2D eigenvalue weighted by Gasteiger charge is -2.23. The molecule has 0 bridgehead atoms. The van der Waals surface area contributed by atoms with Crippen LogP contribution in [0.4, 0.5) is 11.4 Å². The molecule has 2 amide bonds. The van der Waals surface area contributed by atoms with E-state index in [9.17, 15) is 9.59 Å². The second-order valence-corrected chi connectivity index (χ2v) is 6.36. The van der Waals surface area contributed by atoms with Crippen LogP contribution in [0.15, 0.2) is 58.1 Å². The third kappa shape index (κ3) is 3.54. The predicted octanol–water partition coefficient (Wildman–Crippen LogP) is 3.88. The molecule has 24 heavy (non-hydrogen) atoms. The van der Waals surface area contributed by atoms with Crippen molar-refractivity contribution in [2.24, 2.45) is 5.10 Å². The molecule has 6 heteroatoms. The maximum atomic E-state index is 12.5. The number of para-hydroxylation sites is 1. The molecule has 122 valence electrons. The molecule has 2 aromatic rings. The predicted molar refractivity (Wildman–Crippen MR) is 98.1 cm³/mol. The average Bonchev–Trinajstić information content (AvgIpc) is 2.59. The Morgan fingerprint density at radius 3 is 2.62 bits per heavy atom. The number of benzene rings is 2. The Morgan fingerprint density at radius 2 is 1.92 bits per heavy atom. The molecule has 0 spiro atoms. The SMILES string of the molecule is Cc1ccc(NC(=O)C2=NN(c3ccccc3)C(=O)CC2)cc1Br. The normalized spacial score (nSPS) is 14.3. The molecular formula is C18H16BrN3O2. The van der Waals surface area contributed by atoms with Crippen molar-refractivity contribution in [2.75, 3.05) is 10.3 Å². The van der Waals surface area contributed by atoms with Gasteiger partial charge < -0.3 is 5.32 Å². The molecule has 1 aliphatic heterocycles. The van der Waals surface area contributed by atoms with Gasteiger partial charge in [-0.25, -0.2) is 5.01 Å². The van der Waals surface area contributed by atoms with Crippen LogP contribution in [0, 0.1) is 6.92 Å². The molecule has 5 nitrogen and oxygen atoms in total. The van der Waals surface area contributed by atoms with E-state index in [0.29, 0.717) is 23.5 Å². The summed E-state index contributed by atoms with van der Waals surface area (Å²) in [6.07, 6.45) is 0.597. The summed E-state index contributed by atoms with van der Waals surface area (Å²) >= 11 is 3.45. The van der Waals surface area contributed by atoms with Crippen LogP contribution in [0.2, 0.25) is 0 Å². The minimum Gasteiger partial charge on any atom is -0.321 e. The van der Waals surface area contributed by atoms with Gasteiger partial charge in [-0.3, -0.25) is 9.59 Å². The fourth-order valence-corrected chi connectivity index (χ4v) is 2.74. The molecular weight excluding hydrogens is 370 g/mol. The fraction of sp³-hybridized carbons (Fsp3) is 0.167. The first kappa shape index (κ1) is 16.4. The van der Waals surface area contributed by atoms with Gasteiger partial charge in [-0.1, -0.05) is 40.2 Å². The topological polar surface area (TPSA) is 61.8 Å². The number of anilines is 2. The van der Waals surface area contributed by atoms with Crippen LogP contribution in [0.5, 0.6) is 0 Å². The van der Waals surface area contributed by atoms with Gasteiger partial charge in [0.1, 0.15) is 5.71 Å². The van der Waals surface area contributed by atoms with E-state index >= 15 is 0 Å². The zero-order chi connectivity index (χ0) is 17.1. The number of carbonyl (C=O) groups excluding carboxylic acids is 2. The lowest BCUT2D eigenvalue weighted by atomic mass is 10.1. The van der Waals surface area contributed by atoms with Gasteiger partial charge in [0, 0.05) is 23.0 Å². The minimum absolute atomic E-state index is 0.115. The van der Waals surface area contributed by atoms with Crippen molar-refractivity contribution in [3.8, 4) is 0 Å². The van der Waals surface area contributed by atoms with Crippen molar-refractivity contribution >= 4 is 44.8 Å². The summed E-state index contributed by atoms with van der Waals surface area (Å²) in [6, 6.07) is 14.7. The standard InChI is InChI=1S/C18H16BrN3O2/c1-12-7-8-13(11-15(12)19)20-18(24)16-9-10-17(23)22(21-16)14-5-3-2-4-6-14/h2-8,11H,9-10H2,1H3,(H,20,24). The van der Waals surface area contributed by atoms with Crippen LogP contribution >= 0.6 is 15.9 Å². The van der Waals surface area contributed by atoms with E-state index in [4.69, 9.17) is 0 Å². The smallest absolute Gasteiger partial charge is 0.271 e. The molecule has 0 fully saturated rings. The zero-order valence-electron chi connectivity index (χ0n) is 13.1. The number of nitrogens with zero attached hydrogens (tertiary/aromatic N) is 2. The van der Waals surface area contributed by atoms with E-state index in [1.165, 1.54) is 5.01 Å². The number of amides is 2. The van der Waals surface area contributed by atoms with Crippen LogP contribution in [-0.4, -0.2) is 17.5 Å². The number of hydrogen-bond donors (Lipinski definition) is 1. The lowest BCUT2D eigenvalue weighted by molar-refractivity contribution is -0.118. The molecule has 3 rings (SSSR count). The van der Waals surface area contributed by atoms with Gasteiger partial charge >= 0.3 is 0 Å². The van der Waals surface area contributed by atoms with Crippen molar-refractivity contribution < 1.29 is 9.59 Å². The number of carbonyl (C=O) groups is 2. The van der Waals surface area contributed by atoms with E-state index < -0.39 is 0 Å². The van der Waals surface area contributed by atoms with E-state index in [2.05, 4.69) is 26.3 Å². The van der Waals surface area contributed by atoms with E-state index in [0.717, 1.165) is 10.0 Å². The average molecular weight is 386 g/mol. The Bertz CT molecular complexity index is 818. The van der Waals surface area contributed by atoms with Crippen molar-refractivity contribution in [1.29, 1.82) is 0 Å². The van der Waals surface area contributed by atoms with Gasteiger partial charge in [0.05, 0.1) is 5.69 Å². The lowest BCUT2D eigenvalue weighted by Crippen LogP contribution is -2.36. The van der Waals surface area contributed by atoms with E-state index in [1.54, 1.807) is 12.1 Å². The highest BCUT2D eigenvalue weighted by Crippen LogP contribution is 2.22. The molecule has 0 unspecified atom stereocenters. The molecule has 0 atom stereocenters. The van der Waals surface area contributed by atoms with Crippen molar-refractivity contribution in [2.45, 2.75) is 19.8 Å². The maximum absolute atomic E-state index is 12.5. The van der Waals surface area contributed by atoms with Gasteiger partial charge in [-0.2, -0.15) is 5.10 Å². The monoisotopic (exact) mass is 385 g/mol. The van der Waals surface area contributed by atoms with Crippen LogP contribution in [0.3, 0.4) is 0 Å². The van der Waals surface area contributed by atoms with Crippen LogP contribution in [0.1, 0.15) is 18.4 Å². The first-order chi connectivity index (χ1) is 11.5.